The van der Waals surface area contributed by atoms with Crippen LogP contribution in [0.2, 0.25) is 5.02 Å². The molecule has 0 aliphatic heterocycles. The molecule has 0 fully saturated rings. The first-order valence-electron chi connectivity index (χ1n) is 6.53. The molecule has 2 heterocycles. The van der Waals surface area contributed by atoms with Gasteiger partial charge in [0, 0.05) is 30.1 Å². The van der Waals surface area contributed by atoms with Crippen LogP contribution in [0.15, 0.2) is 48.8 Å². The van der Waals surface area contributed by atoms with Gasteiger partial charge in [-0.1, -0.05) is 23.7 Å². The van der Waals surface area contributed by atoms with Gasteiger partial charge in [0.05, 0.1) is 17.8 Å². The fraction of sp³-hybridized carbons (Fsp3) is 0.125. The van der Waals surface area contributed by atoms with Gasteiger partial charge < -0.3 is 4.74 Å². The van der Waals surface area contributed by atoms with Gasteiger partial charge in [-0.05, 0) is 29.8 Å². The molecule has 21 heavy (non-hydrogen) atoms. The third kappa shape index (κ3) is 3.06. The average Bonchev–Trinajstić information content (AvgIpc) is 2.97. The summed E-state index contributed by atoms with van der Waals surface area (Å²) in [5.74, 6) is 0.854. The Hall–Kier alpha value is -2.33. The number of pyridine rings is 1. The molecule has 1 N–H and O–H groups in total. The second-order valence-electron chi connectivity index (χ2n) is 4.66. The van der Waals surface area contributed by atoms with Crippen molar-refractivity contribution in [2.75, 3.05) is 7.11 Å². The molecule has 0 saturated heterocycles. The van der Waals surface area contributed by atoms with Gasteiger partial charge in [-0.15, -0.1) is 0 Å². The maximum Gasteiger partial charge on any atom is 0.118 e. The second-order valence-corrected chi connectivity index (χ2v) is 5.07. The minimum Gasteiger partial charge on any atom is -0.497 e. The number of nitrogens with zero attached hydrogens (tertiary/aromatic N) is 2. The Morgan fingerprint density at radius 3 is 2.71 bits per heavy atom. The third-order valence-corrected chi connectivity index (χ3v) is 3.53. The molecule has 0 radical (unpaired) electrons. The molecule has 0 bridgehead atoms. The highest BCUT2D eigenvalue weighted by Crippen LogP contribution is 2.26. The molecule has 0 aliphatic rings. The third-order valence-electron chi connectivity index (χ3n) is 3.23. The molecule has 5 heteroatoms. The number of benzene rings is 1. The predicted molar refractivity (Wildman–Crippen MR) is 82.6 cm³/mol. The van der Waals surface area contributed by atoms with Crippen LogP contribution in [0.3, 0.4) is 0 Å². The Morgan fingerprint density at radius 2 is 2.00 bits per heavy atom. The fourth-order valence-electron chi connectivity index (χ4n) is 2.14. The summed E-state index contributed by atoms with van der Waals surface area (Å²) < 4.78 is 5.15. The standard InChI is InChI=1S/C16H14ClN3O/c1-21-13-4-2-11(3-5-13)8-12-9-16(20-19-12)14-6-7-18-10-15(14)17/h2-7,9-10H,8H2,1H3,(H,19,20). The quantitative estimate of drug-likeness (QED) is 0.798. The molecule has 0 saturated carbocycles. The number of nitrogens with one attached hydrogen (secondary N) is 1. The van der Waals surface area contributed by atoms with Crippen LogP contribution in [0.1, 0.15) is 11.3 Å². The summed E-state index contributed by atoms with van der Waals surface area (Å²) >= 11 is 6.13. The van der Waals surface area contributed by atoms with Crippen molar-refractivity contribution in [3.8, 4) is 17.0 Å². The molecular formula is C16H14ClN3O. The van der Waals surface area contributed by atoms with Crippen molar-refractivity contribution in [2.24, 2.45) is 0 Å². The van der Waals surface area contributed by atoms with Crippen molar-refractivity contribution < 1.29 is 4.74 Å². The van der Waals surface area contributed by atoms with E-state index in [2.05, 4.69) is 15.2 Å². The minimum absolute atomic E-state index is 0.597. The SMILES string of the molecule is COc1ccc(Cc2cc(-c3ccncc3Cl)n[nH]2)cc1. The lowest BCUT2D eigenvalue weighted by atomic mass is 10.1. The van der Waals surface area contributed by atoms with Crippen molar-refractivity contribution >= 4 is 11.6 Å². The number of aromatic amines is 1. The highest BCUT2D eigenvalue weighted by atomic mass is 35.5. The molecule has 0 spiro atoms. The van der Waals surface area contributed by atoms with Crippen LogP contribution in [-0.2, 0) is 6.42 Å². The van der Waals surface area contributed by atoms with Crippen molar-refractivity contribution in [1.29, 1.82) is 0 Å². The first kappa shape index (κ1) is 13.6. The lowest BCUT2D eigenvalue weighted by molar-refractivity contribution is 0.414. The number of hydrogen-bond donors (Lipinski definition) is 1. The first-order chi connectivity index (χ1) is 10.3. The average molecular weight is 300 g/mol. The Bertz CT molecular complexity index is 737. The van der Waals surface area contributed by atoms with Crippen LogP contribution in [-0.4, -0.2) is 22.3 Å². The van der Waals surface area contributed by atoms with E-state index in [-0.39, 0.29) is 0 Å². The number of hydrogen-bond acceptors (Lipinski definition) is 3. The van der Waals surface area contributed by atoms with Gasteiger partial charge in [0.2, 0.25) is 0 Å². The Kier molecular flexibility index (Phi) is 3.88. The number of ether oxygens (including phenoxy) is 1. The summed E-state index contributed by atoms with van der Waals surface area (Å²) in [6.45, 7) is 0. The molecule has 2 aromatic heterocycles. The summed E-state index contributed by atoms with van der Waals surface area (Å²) in [5, 5.41) is 7.96. The van der Waals surface area contributed by atoms with Crippen LogP contribution in [0.5, 0.6) is 5.75 Å². The lowest BCUT2D eigenvalue weighted by Crippen LogP contribution is -1.89. The van der Waals surface area contributed by atoms with E-state index >= 15 is 0 Å². The van der Waals surface area contributed by atoms with E-state index in [1.807, 2.05) is 36.4 Å². The van der Waals surface area contributed by atoms with E-state index < -0.39 is 0 Å². The predicted octanol–water partition coefficient (Wildman–Crippen LogP) is 3.72. The summed E-state index contributed by atoms with van der Waals surface area (Å²) in [7, 11) is 1.66. The van der Waals surface area contributed by atoms with E-state index in [1.54, 1.807) is 19.5 Å². The van der Waals surface area contributed by atoms with Crippen molar-refractivity contribution in [3.05, 3.63) is 65.1 Å². The van der Waals surface area contributed by atoms with E-state index in [1.165, 1.54) is 5.56 Å². The number of rotatable bonds is 4. The molecule has 3 rings (SSSR count). The fourth-order valence-corrected chi connectivity index (χ4v) is 2.35. The molecule has 106 valence electrons. The van der Waals surface area contributed by atoms with Gasteiger partial charge in [-0.3, -0.25) is 10.1 Å². The first-order valence-corrected chi connectivity index (χ1v) is 6.91. The van der Waals surface area contributed by atoms with E-state index in [9.17, 15) is 0 Å². The molecule has 0 aliphatic carbocycles. The highest BCUT2D eigenvalue weighted by Gasteiger charge is 2.08. The highest BCUT2D eigenvalue weighted by molar-refractivity contribution is 6.33. The zero-order valence-corrected chi connectivity index (χ0v) is 12.3. The smallest absolute Gasteiger partial charge is 0.118 e. The monoisotopic (exact) mass is 299 g/mol. The van der Waals surface area contributed by atoms with Crippen LogP contribution in [0.25, 0.3) is 11.3 Å². The van der Waals surface area contributed by atoms with Crippen LogP contribution in [0.4, 0.5) is 0 Å². The Balaban J connectivity index is 1.80. The lowest BCUT2D eigenvalue weighted by Gasteiger charge is -2.01. The van der Waals surface area contributed by atoms with Crippen LogP contribution in [0, 0.1) is 0 Å². The van der Waals surface area contributed by atoms with Gasteiger partial charge in [0.1, 0.15) is 5.75 Å². The molecule has 1 aromatic carbocycles. The van der Waals surface area contributed by atoms with Gasteiger partial charge in [0.15, 0.2) is 0 Å². The van der Waals surface area contributed by atoms with Gasteiger partial charge >= 0.3 is 0 Å². The van der Waals surface area contributed by atoms with Gasteiger partial charge in [0.25, 0.3) is 0 Å². The summed E-state index contributed by atoms with van der Waals surface area (Å²) in [6, 6.07) is 11.8. The number of H-pyrrole nitrogens is 1. The van der Waals surface area contributed by atoms with Gasteiger partial charge in [-0.25, -0.2) is 0 Å². The molecule has 0 atom stereocenters. The Labute approximate surface area is 127 Å². The second kappa shape index (κ2) is 5.97. The zero-order chi connectivity index (χ0) is 14.7. The summed E-state index contributed by atoms with van der Waals surface area (Å²) in [6.07, 6.45) is 4.10. The maximum atomic E-state index is 6.13. The van der Waals surface area contributed by atoms with Crippen molar-refractivity contribution in [2.45, 2.75) is 6.42 Å². The van der Waals surface area contributed by atoms with Gasteiger partial charge in [-0.2, -0.15) is 5.10 Å². The number of aromatic nitrogens is 3. The number of methoxy groups -OCH3 is 1. The van der Waals surface area contributed by atoms with E-state index in [0.717, 1.165) is 29.1 Å². The molecule has 4 nitrogen and oxygen atoms in total. The number of halogens is 1. The molecule has 3 aromatic rings. The van der Waals surface area contributed by atoms with Crippen molar-refractivity contribution in [3.63, 3.8) is 0 Å². The topological polar surface area (TPSA) is 50.8 Å². The molecule has 0 unspecified atom stereocenters. The van der Waals surface area contributed by atoms with Crippen molar-refractivity contribution in [1.82, 2.24) is 15.2 Å². The van der Waals surface area contributed by atoms with E-state index in [4.69, 9.17) is 16.3 Å². The minimum atomic E-state index is 0.597. The normalized spacial score (nSPS) is 10.6. The van der Waals surface area contributed by atoms with Crippen LogP contribution < -0.4 is 4.74 Å². The van der Waals surface area contributed by atoms with E-state index in [0.29, 0.717) is 5.02 Å². The molecule has 0 amide bonds. The van der Waals surface area contributed by atoms with Crippen LogP contribution >= 0.6 is 11.6 Å². The maximum absolute atomic E-state index is 6.13. The Morgan fingerprint density at radius 1 is 1.19 bits per heavy atom. The largest absolute Gasteiger partial charge is 0.497 e. The zero-order valence-electron chi connectivity index (χ0n) is 11.5. The summed E-state index contributed by atoms with van der Waals surface area (Å²) in [4.78, 5) is 3.98. The molecular weight excluding hydrogens is 286 g/mol. The summed E-state index contributed by atoms with van der Waals surface area (Å²) in [5.41, 5.74) is 3.92.